The molecule has 0 fully saturated rings. The molecule has 0 radical (unpaired) electrons. The van der Waals surface area contributed by atoms with E-state index in [1.807, 2.05) is 0 Å². The summed E-state index contributed by atoms with van der Waals surface area (Å²) in [4.78, 5) is 12.4. The van der Waals surface area contributed by atoms with E-state index < -0.39 is 0 Å². The van der Waals surface area contributed by atoms with E-state index in [-0.39, 0.29) is 18.3 Å². The zero-order valence-electron chi connectivity index (χ0n) is 14.2. The molecule has 0 aliphatic carbocycles. The van der Waals surface area contributed by atoms with Gasteiger partial charge in [0, 0.05) is 16.8 Å². The van der Waals surface area contributed by atoms with Crippen molar-refractivity contribution in [1.82, 2.24) is 0 Å². The number of hydrogen-bond acceptors (Lipinski definition) is 5. The van der Waals surface area contributed by atoms with Gasteiger partial charge in [-0.1, -0.05) is 11.6 Å². The van der Waals surface area contributed by atoms with Crippen LogP contribution in [-0.4, -0.2) is 19.1 Å². The van der Waals surface area contributed by atoms with E-state index in [4.69, 9.17) is 30.2 Å². The highest BCUT2D eigenvalue weighted by Gasteiger charge is 2.15. The maximum atomic E-state index is 12.4. The van der Waals surface area contributed by atoms with Crippen LogP contribution in [0.1, 0.15) is 16.3 Å². The highest BCUT2D eigenvalue weighted by atomic mass is 35.5. The third kappa shape index (κ3) is 4.17. The highest BCUT2D eigenvalue weighted by Crippen LogP contribution is 2.32. The van der Waals surface area contributed by atoms with Gasteiger partial charge in [0.1, 0.15) is 31.3 Å². The first kappa shape index (κ1) is 17.3. The Morgan fingerprint density at radius 2 is 1.78 bits per heavy atom. The van der Waals surface area contributed by atoms with Gasteiger partial charge < -0.3 is 23.9 Å². The summed E-state index contributed by atoms with van der Waals surface area (Å²) in [7, 11) is 0. The molecule has 0 unspecified atom stereocenters. The van der Waals surface area contributed by atoms with E-state index in [0.717, 1.165) is 0 Å². The second kappa shape index (κ2) is 7.63. The molecule has 0 atom stereocenters. The summed E-state index contributed by atoms with van der Waals surface area (Å²) in [6, 6.07) is 15.6. The summed E-state index contributed by atoms with van der Waals surface area (Å²) < 4.78 is 22.1. The number of halogens is 1. The topological polar surface area (TPSA) is 69.9 Å². The van der Waals surface area contributed by atoms with Gasteiger partial charge in [0.05, 0.1) is 0 Å². The summed E-state index contributed by atoms with van der Waals surface area (Å²) in [5.41, 5.74) is 0.597. The first-order chi connectivity index (χ1) is 13.2. The van der Waals surface area contributed by atoms with Crippen LogP contribution in [-0.2, 0) is 6.61 Å². The van der Waals surface area contributed by atoms with Gasteiger partial charge in [-0.15, -0.1) is 0 Å². The van der Waals surface area contributed by atoms with Crippen molar-refractivity contribution in [3.63, 3.8) is 0 Å². The molecule has 1 aliphatic rings. The number of nitrogens with one attached hydrogen (secondary N) is 1. The fourth-order valence-corrected chi connectivity index (χ4v) is 2.70. The number of carbonyl (C=O) groups is 1. The minimum atomic E-state index is -0.357. The molecule has 4 rings (SSSR count). The van der Waals surface area contributed by atoms with Crippen LogP contribution in [0.5, 0.6) is 17.2 Å². The molecule has 3 aromatic rings. The van der Waals surface area contributed by atoms with Crippen molar-refractivity contribution in [2.24, 2.45) is 0 Å². The van der Waals surface area contributed by atoms with E-state index in [1.54, 1.807) is 54.6 Å². The van der Waals surface area contributed by atoms with Gasteiger partial charge in [-0.25, -0.2) is 0 Å². The third-order valence-electron chi connectivity index (χ3n) is 3.88. The van der Waals surface area contributed by atoms with E-state index >= 15 is 0 Å². The molecule has 0 saturated heterocycles. The number of anilines is 1. The van der Waals surface area contributed by atoms with Crippen LogP contribution in [0.25, 0.3) is 0 Å². The Labute approximate surface area is 160 Å². The van der Waals surface area contributed by atoms with E-state index in [1.165, 1.54) is 0 Å². The Morgan fingerprint density at radius 3 is 2.59 bits per heavy atom. The fraction of sp³-hybridized carbons (Fsp3) is 0.150. The SMILES string of the molecule is O=C(Nc1ccc2c(c1)OCCO2)c1ccc(COc2ccc(Cl)cc2)o1. The zero-order valence-corrected chi connectivity index (χ0v) is 15.0. The second-order valence-corrected chi connectivity index (χ2v) is 6.26. The number of hydrogen-bond donors (Lipinski definition) is 1. The largest absolute Gasteiger partial charge is 0.486 e. The molecule has 27 heavy (non-hydrogen) atoms. The van der Waals surface area contributed by atoms with E-state index in [2.05, 4.69) is 5.32 Å². The Bertz CT molecular complexity index is 951. The summed E-state index contributed by atoms with van der Waals surface area (Å²) in [5, 5.41) is 3.42. The van der Waals surface area contributed by atoms with Crippen LogP contribution in [0, 0.1) is 0 Å². The van der Waals surface area contributed by atoms with Crippen molar-refractivity contribution in [2.75, 3.05) is 18.5 Å². The number of amides is 1. The minimum absolute atomic E-state index is 0.194. The second-order valence-electron chi connectivity index (χ2n) is 5.82. The van der Waals surface area contributed by atoms with E-state index in [9.17, 15) is 4.79 Å². The Morgan fingerprint density at radius 1 is 1.00 bits per heavy atom. The lowest BCUT2D eigenvalue weighted by molar-refractivity contribution is 0.0992. The van der Waals surface area contributed by atoms with Gasteiger partial charge in [0.2, 0.25) is 0 Å². The molecule has 0 saturated carbocycles. The van der Waals surface area contributed by atoms with Gasteiger partial charge in [0.25, 0.3) is 5.91 Å². The molecule has 7 heteroatoms. The molecule has 0 bridgehead atoms. The van der Waals surface area contributed by atoms with Crippen molar-refractivity contribution in [3.05, 3.63) is 71.1 Å². The summed E-state index contributed by atoms with van der Waals surface area (Å²) in [5.74, 6) is 2.31. The summed E-state index contributed by atoms with van der Waals surface area (Å²) in [6.45, 7) is 1.21. The highest BCUT2D eigenvalue weighted by molar-refractivity contribution is 6.30. The van der Waals surface area contributed by atoms with Crippen LogP contribution < -0.4 is 19.5 Å². The molecule has 1 N–H and O–H groups in total. The lowest BCUT2D eigenvalue weighted by atomic mass is 10.2. The van der Waals surface area contributed by atoms with Crippen molar-refractivity contribution in [1.29, 1.82) is 0 Å². The molecule has 6 nitrogen and oxygen atoms in total. The first-order valence-corrected chi connectivity index (χ1v) is 8.73. The molecule has 1 aromatic heterocycles. The molecule has 2 heterocycles. The number of benzene rings is 2. The quantitative estimate of drug-likeness (QED) is 0.698. The number of carbonyl (C=O) groups excluding carboxylic acids is 1. The fourth-order valence-electron chi connectivity index (χ4n) is 2.58. The normalized spacial score (nSPS) is 12.5. The third-order valence-corrected chi connectivity index (χ3v) is 4.13. The summed E-state index contributed by atoms with van der Waals surface area (Å²) >= 11 is 5.84. The number of ether oxygens (including phenoxy) is 3. The lowest BCUT2D eigenvalue weighted by Crippen LogP contribution is -2.16. The van der Waals surface area contributed by atoms with Crippen LogP contribution in [0.4, 0.5) is 5.69 Å². The molecule has 138 valence electrons. The van der Waals surface area contributed by atoms with Gasteiger partial charge >= 0.3 is 0 Å². The molecule has 0 spiro atoms. The molecule has 1 amide bonds. The van der Waals surface area contributed by atoms with Crippen LogP contribution >= 0.6 is 11.6 Å². The Hall–Kier alpha value is -3.12. The molecule has 1 aliphatic heterocycles. The lowest BCUT2D eigenvalue weighted by Gasteiger charge is -2.18. The first-order valence-electron chi connectivity index (χ1n) is 8.35. The maximum Gasteiger partial charge on any atom is 0.291 e. The smallest absolute Gasteiger partial charge is 0.291 e. The van der Waals surface area contributed by atoms with Crippen molar-refractivity contribution < 1.29 is 23.4 Å². The van der Waals surface area contributed by atoms with Gasteiger partial charge in [-0.05, 0) is 48.5 Å². The zero-order chi connectivity index (χ0) is 18.6. The average Bonchev–Trinajstić information content (AvgIpc) is 3.17. The number of fused-ring (bicyclic) bond motifs is 1. The predicted octanol–water partition coefficient (Wildman–Crippen LogP) is 4.54. The van der Waals surface area contributed by atoms with Gasteiger partial charge in [-0.3, -0.25) is 4.79 Å². The maximum absolute atomic E-state index is 12.4. The Kier molecular flexibility index (Phi) is 4.89. The van der Waals surface area contributed by atoms with Gasteiger partial charge in [-0.2, -0.15) is 0 Å². The van der Waals surface area contributed by atoms with Crippen molar-refractivity contribution >= 4 is 23.2 Å². The van der Waals surface area contributed by atoms with Gasteiger partial charge in [0.15, 0.2) is 17.3 Å². The van der Waals surface area contributed by atoms with E-state index in [0.29, 0.717) is 46.9 Å². The monoisotopic (exact) mass is 385 g/mol. The average molecular weight is 386 g/mol. The standard InChI is InChI=1S/C20H16ClNO5/c21-13-1-4-15(5-2-13)26-12-16-6-8-18(27-16)20(23)22-14-3-7-17-19(11-14)25-10-9-24-17/h1-8,11H,9-10,12H2,(H,22,23). The van der Waals surface area contributed by atoms with Crippen LogP contribution in [0.2, 0.25) is 5.02 Å². The van der Waals surface area contributed by atoms with Crippen molar-refractivity contribution in [2.45, 2.75) is 6.61 Å². The predicted molar refractivity (Wildman–Crippen MR) is 99.9 cm³/mol. The molecular weight excluding hydrogens is 370 g/mol. The molecular formula is C20H16ClNO5. The van der Waals surface area contributed by atoms with Crippen molar-refractivity contribution in [3.8, 4) is 17.2 Å². The summed E-state index contributed by atoms with van der Waals surface area (Å²) in [6.07, 6.45) is 0. The Balaban J connectivity index is 1.37. The minimum Gasteiger partial charge on any atom is -0.486 e. The van der Waals surface area contributed by atoms with Crippen LogP contribution in [0.3, 0.4) is 0 Å². The number of rotatable bonds is 5. The number of furan rings is 1. The molecule has 2 aromatic carbocycles. The van der Waals surface area contributed by atoms with Crippen LogP contribution in [0.15, 0.2) is 59.0 Å².